The molecule has 1 heteroatoms. The van der Waals surface area contributed by atoms with Gasteiger partial charge in [0.1, 0.15) is 0 Å². The second kappa shape index (κ2) is 9.57. The topological polar surface area (TPSA) is 3.24 Å². The summed E-state index contributed by atoms with van der Waals surface area (Å²) in [6.07, 6.45) is 11.9. The van der Waals surface area contributed by atoms with Crippen LogP contribution in [0, 0.1) is 0 Å². The molecule has 0 N–H and O–H groups in total. The molecule has 0 radical (unpaired) electrons. The van der Waals surface area contributed by atoms with E-state index >= 15 is 0 Å². The average Bonchev–Trinajstić information content (AvgIpc) is 2.26. The van der Waals surface area contributed by atoms with Crippen molar-refractivity contribution >= 4 is 0 Å². The van der Waals surface area contributed by atoms with E-state index in [1.807, 2.05) is 12.2 Å². The lowest BCUT2D eigenvalue weighted by Gasteiger charge is -2.25. The molecule has 0 spiro atoms. The van der Waals surface area contributed by atoms with Crippen molar-refractivity contribution < 1.29 is 0 Å². The van der Waals surface area contributed by atoms with Gasteiger partial charge in [0.05, 0.1) is 0 Å². The molecule has 0 saturated heterocycles. The van der Waals surface area contributed by atoms with Gasteiger partial charge in [-0.2, -0.15) is 0 Å². The molecular weight excluding hydrogens is 182 g/mol. The molecule has 0 rings (SSSR count). The van der Waals surface area contributed by atoms with Gasteiger partial charge in [0.15, 0.2) is 0 Å². The van der Waals surface area contributed by atoms with Gasteiger partial charge in [-0.05, 0) is 25.8 Å². The molecule has 0 heterocycles. The maximum atomic E-state index is 3.70. The van der Waals surface area contributed by atoms with E-state index in [-0.39, 0.29) is 0 Å². The Kier molecular flexibility index (Phi) is 8.95. The summed E-state index contributed by atoms with van der Waals surface area (Å²) in [7, 11) is 0. The lowest BCUT2D eigenvalue weighted by molar-refractivity contribution is 0.347. The van der Waals surface area contributed by atoms with Crippen LogP contribution >= 0.6 is 0 Å². The number of hydrogen-bond donors (Lipinski definition) is 0. The maximum absolute atomic E-state index is 3.70. The molecule has 0 aromatic carbocycles. The smallest absolute Gasteiger partial charge is 0.0322 e. The van der Waals surface area contributed by atoms with Crippen LogP contribution in [-0.2, 0) is 0 Å². The normalized spacial score (nSPS) is 12.1. The van der Waals surface area contributed by atoms with Crippen LogP contribution in [0.25, 0.3) is 0 Å². The fourth-order valence-electron chi connectivity index (χ4n) is 1.54. The zero-order valence-electron chi connectivity index (χ0n) is 10.5. The van der Waals surface area contributed by atoms with Gasteiger partial charge in [-0.3, -0.25) is 0 Å². The second-order valence-electron chi connectivity index (χ2n) is 3.65. The van der Waals surface area contributed by atoms with Gasteiger partial charge >= 0.3 is 0 Å². The Morgan fingerprint density at radius 1 is 1.20 bits per heavy atom. The molecule has 0 amide bonds. The lowest BCUT2D eigenvalue weighted by Crippen LogP contribution is -2.24. The minimum atomic E-state index is 1.14. The van der Waals surface area contributed by atoms with E-state index in [0.717, 1.165) is 13.1 Å². The summed E-state index contributed by atoms with van der Waals surface area (Å²) in [4.78, 5) is 2.45. The summed E-state index contributed by atoms with van der Waals surface area (Å²) in [5.41, 5.74) is 1.31. The number of rotatable bonds is 8. The van der Waals surface area contributed by atoms with E-state index in [1.165, 1.54) is 25.0 Å². The molecule has 0 saturated carbocycles. The first-order valence-electron chi connectivity index (χ1n) is 6.00. The number of hydrogen-bond acceptors (Lipinski definition) is 1. The van der Waals surface area contributed by atoms with Crippen molar-refractivity contribution in [2.24, 2.45) is 0 Å². The van der Waals surface area contributed by atoms with Crippen molar-refractivity contribution in [2.75, 3.05) is 13.1 Å². The summed E-state index contributed by atoms with van der Waals surface area (Å²) in [5, 5.41) is 0. The Hall–Kier alpha value is -0.980. The molecule has 15 heavy (non-hydrogen) atoms. The summed E-state index contributed by atoms with van der Waals surface area (Å²) < 4.78 is 0. The third kappa shape index (κ3) is 6.16. The highest BCUT2D eigenvalue weighted by molar-refractivity contribution is 5.20. The maximum Gasteiger partial charge on any atom is 0.0322 e. The SMILES string of the molecule is C=C/C=C\C(=C/C)N(CCC)CCCC. The van der Waals surface area contributed by atoms with Crippen LogP contribution in [0.4, 0.5) is 0 Å². The Morgan fingerprint density at radius 2 is 1.93 bits per heavy atom. The number of unbranched alkanes of at least 4 members (excludes halogenated alkanes) is 1. The van der Waals surface area contributed by atoms with Crippen LogP contribution in [-0.4, -0.2) is 18.0 Å². The highest BCUT2D eigenvalue weighted by atomic mass is 15.1. The Balaban J connectivity index is 4.40. The average molecular weight is 207 g/mol. The number of nitrogens with zero attached hydrogens (tertiary/aromatic N) is 1. The van der Waals surface area contributed by atoms with E-state index < -0.39 is 0 Å². The first-order valence-corrected chi connectivity index (χ1v) is 6.00. The van der Waals surface area contributed by atoms with Crippen molar-refractivity contribution in [3.63, 3.8) is 0 Å². The van der Waals surface area contributed by atoms with Crippen molar-refractivity contribution in [3.05, 3.63) is 36.6 Å². The minimum absolute atomic E-state index is 1.14. The molecule has 0 aliphatic rings. The first-order chi connectivity index (χ1) is 7.29. The third-order valence-corrected chi connectivity index (χ3v) is 2.34. The molecule has 0 atom stereocenters. The van der Waals surface area contributed by atoms with Crippen LogP contribution in [0.1, 0.15) is 40.0 Å². The lowest BCUT2D eigenvalue weighted by atomic mass is 10.2. The fraction of sp³-hybridized carbons (Fsp3) is 0.571. The van der Waals surface area contributed by atoms with Gasteiger partial charge < -0.3 is 4.90 Å². The predicted octanol–water partition coefficient (Wildman–Crippen LogP) is 4.14. The van der Waals surface area contributed by atoms with Crippen molar-refractivity contribution in [1.29, 1.82) is 0 Å². The highest BCUT2D eigenvalue weighted by Gasteiger charge is 2.03. The standard InChI is InChI=1S/C14H25N/c1-5-9-11-14(8-4)15(12-7-3)13-10-6-2/h5,8-9,11H,1,6-7,10,12-13H2,2-4H3/b11-9-,14-8+. The third-order valence-electron chi connectivity index (χ3n) is 2.34. The molecule has 0 aliphatic carbocycles. The summed E-state index contributed by atoms with van der Waals surface area (Å²) in [6, 6.07) is 0. The van der Waals surface area contributed by atoms with Crippen molar-refractivity contribution in [1.82, 2.24) is 4.90 Å². The molecule has 86 valence electrons. The van der Waals surface area contributed by atoms with E-state index in [9.17, 15) is 0 Å². The largest absolute Gasteiger partial charge is 0.372 e. The van der Waals surface area contributed by atoms with Crippen LogP contribution in [0.2, 0.25) is 0 Å². The molecular formula is C14H25N. The van der Waals surface area contributed by atoms with E-state index in [0.29, 0.717) is 0 Å². The van der Waals surface area contributed by atoms with Crippen LogP contribution < -0.4 is 0 Å². The van der Waals surface area contributed by atoms with Crippen LogP contribution in [0.3, 0.4) is 0 Å². The molecule has 0 aliphatic heterocycles. The molecule has 0 aromatic rings. The molecule has 0 bridgehead atoms. The molecule has 0 aromatic heterocycles. The monoisotopic (exact) mass is 207 g/mol. The summed E-state index contributed by atoms with van der Waals surface area (Å²) >= 11 is 0. The molecule has 0 fully saturated rings. The zero-order chi connectivity index (χ0) is 11.5. The van der Waals surface area contributed by atoms with E-state index in [2.05, 4.69) is 44.4 Å². The van der Waals surface area contributed by atoms with Gasteiger partial charge in [0.25, 0.3) is 0 Å². The molecule has 0 unspecified atom stereocenters. The summed E-state index contributed by atoms with van der Waals surface area (Å²) in [5.74, 6) is 0. The first kappa shape index (κ1) is 14.0. The predicted molar refractivity (Wildman–Crippen MR) is 69.9 cm³/mol. The van der Waals surface area contributed by atoms with Gasteiger partial charge in [-0.1, -0.05) is 45.1 Å². The van der Waals surface area contributed by atoms with Crippen LogP contribution in [0.15, 0.2) is 36.6 Å². The minimum Gasteiger partial charge on any atom is -0.372 e. The fourth-order valence-corrected chi connectivity index (χ4v) is 1.54. The Labute approximate surface area is 95.2 Å². The Bertz CT molecular complexity index is 213. The highest BCUT2D eigenvalue weighted by Crippen LogP contribution is 2.09. The van der Waals surface area contributed by atoms with Crippen molar-refractivity contribution in [3.8, 4) is 0 Å². The Morgan fingerprint density at radius 3 is 2.40 bits per heavy atom. The second-order valence-corrected chi connectivity index (χ2v) is 3.65. The van der Waals surface area contributed by atoms with E-state index in [1.54, 1.807) is 0 Å². The van der Waals surface area contributed by atoms with Gasteiger partial charge in [-0.25, -0.2) is 0 Å². The summed E-state index contributed by atoms with van der Waals surface area (Å²) in [6.45, 7) is 12.6. The quantitative estimate of drug-likeness (QED) is 0.541. The zero-order valence-corrected chi connectivity index (χ0v) is 10.5. The molecule has 1 nitrogen and oxygen atoms in total. The van der Waals surface area contributed by atoms with Gasteiger partial charge in [0, 0.05) is 18.8 Å². The van der Waals surface area contributed by atoms with Gasteiger partial charge in [-0.15, -0.1) is 0 Å². The van der Waals surface area contributed by atoms with Crippen molar-refractivity contribution in [2.45, 2.75) is 40.0 Å². The van der Waals surface area contributed by atoms with Crippen LogP contribution in [0.5, 0.6) is 0 Å². The van der Waals surface area contributed by atoms with E-state index in [4.69, 9.17) is 0 Å². The number of allylic oxidation sites excluding steroid dienone is 4. The van der Waals surface area contributed by atoms with Gasteiger partial charge in [0.2, 0.25) is 0 Å².